The average Bonchev–Trinajstić information content (AvgIpc) is 2.56. The predicted octanol–water partition coefficient (Wildman–Crippen LogP) is 2.78. The van der Waals surface area contributed by atoms with Crippen LogP contribution in [0, 0.1) is 0 Å². The highest BCUT2D eigenvalue weighted by atomic mass is 16.4. The van der Waals surface area contributed by atoms with Crippen molar-refractivity contribution in [2.75, 3.05) is 11.4 Å². The van der Waals surface area contributed by atoms with Crippen LogP contribution in [0.25, 0.3) is 0 Å². The van der Waals surface area contributed by atoms with E-state index >= 15 is 0 Å². The van der Waals surface area contributed by atoms with Gasteiger partial charge in [0.15, 0.2) is 0 Å². The van der Waals surface area contributed by atoms with Gasteiger partial charge in [0, 0.05) is 18.7 Å². The van der Waals surface area contributed by atoms with Gasteiger partial charge < -0.3 is 10.0 Å². The third-order valence-corrected chi connectivity index (χ3v) is 3.63. The lowest BCUT2D eigenvalue weighted by Gasteiger charge is -2.23. The van der Waals surface area contributed by atoms with Crippen molar-refractivity contribution < 1.29 is 14.7 Å². The van der Waals surface area contributed by atoms with Crippen LogP contribution >= 0.6 is 0 Å². The highest BCUT2D eigenvalue weighted by Gasteiger charge is 2.24. The highest BCUT2D eigenvalue weighted by molar-refractivity contribution is 5.95. The Morgan fingerprint density at radius 1 is 1.32 bits per heavy atom. The fraction of sp³-hybridized carbons (Fsp3) is 0.467. The summed E-state index contributed by atoms with van der Waals surface area (Å²) in [6.07, 6.45) is 1.97. The van der Waals surface area contributed by atoms with Crippen LogP contribution in [0.15, 0.2) is 24.3 Å². The molecule has 102 valence electrons. The number of aliphatic carboxylic acids is 1. The molecule has 1 amide bonds. The number of carboxylic acid groups (broad SMARTS) is 1. The summed E-state index contributed by atoms with van der Waals surface area (Å²) in [7, 11) is 0. The second-order valence-corrected chi connectivity index (χ2v) is 5.04. The monoisotopic (exact) mass is 261 g/mol. The van der Waals surface area contributed by atoms with Crippen molar-refractivity contribution in [1.82, 2.24) is 0 Å². The van der Waals surface area contributed by atoms with E-state index in [4.69, 9.17) is 5.11 Å². The highest BCUT2D eigenvalue weighted by Crippen LogP contribution is 2.34. The average molecular weight is 261 g/mol. The molecule has 0 bridgehead atoms. The van der Waals surface area contributed by atoms with Crippen LogP contribution in [0.3, 0.4) is 0 Å². The summed E-state index contributed by atoms with van der Waals surface area (Å²) in [6.45, 7) is 2.85. The summed E-state index contributed by atoms with van der Waals surface area (Å²) in [6, 6.07) is 7.92. The molecule has 0 saturated heterocycles. The Labute approximate surface area is 113 Å². The number of amides is 1. The van der Waals surface area contributed by atoms with Crippen LogP contribution in [0.1, 0.15) is 44.1 Å². The first-order valence-electron chi connectivity index (χ1n) is 6.70. The molecule has 19 heavy (non-hydrogen) atoms. The minimum atomic E-state index is -0.926. The maximum absolute atomic E-state index is 12.2. The quantitative estimate of drug-likeness (QED) is 0.910. The molecular weight excluding hydrogens is 242 g/mol. The molecular formula is C15H19NO3. The summed E-state index contributed by atoms with van der Waals surface area (Å²) >= 11 is 0. The van der Waals surface area contributed by atoms with Gasteiger partial charge in [-0.1, -0.05) is 25.1 Å². The van der Waals surface area contributed by atoms with E-state index in [2.05, 4.69) is 13.0 Å². The molecule has 0 aromatic heterocycles. The Balaban J connectivity index is 2.23. The van der Waals surface area contributed by atoms with E-state index in [1.165, 1.54) is 5.56 Å². The van der Waals surface area contributed by atoms with Gasteiger partial charge in [-0.25, -0.2) is 0 Å². The van der Waals surface area contributed by atoms with Crippen molar-refractivity contribution in [3.63, 3.8) is 0 Å². The van der Waals surface area contributed by atoms with Gasteiger partial charge >= 0.3 is 5.97 Å². The zero-order valence-corrected chi connectivity index (χ0v) is 11.1. The minimum Gasteiger partial charge on any atom is -0.481 e. The molecule has 1 N–H and O–H groups in total. The van der Waals surface area contributed by atoms with E-state index in [1.807, 2.05) is 18.2 Å². The van der Waals surface area contributed by atoms with Crippen LogP contribution in [-0.2, 0) is 9.59 Å². The van der Waals surface area contributed by atoms with E-state index < -0.39 is 5.97 Å². The second kappa shape index (κ2) is 5.87. The van der Waals surface area contributed by atoms with Crippen molar-refractivity contribution in [2.45, 2.75) is 38.5 Å². The zero-order valence-electron chi connectivity index (χ0n) is 11.1. The third-order valence-electron chi connectivity index (χ3n) is 3.63. The van der Waals surface area contributed by atoms with Crippen LogP contribution in [-0.4, -0.2) is 23.5 Å². The molecule has 0 saturated carbocycles. The first-order valence-corrected chi connectivity index (χ1v) is 6.70. The number of hydrogen-bond donors (Lipinski definition) is 1. The first kappa shape index (κ1) is 13.6. The molecule has 1 aliphatic heterocycles. The lowest BCUT2D eigenvalue weighted by atomic mass is 9.96. The lowest BCUT2D eigenvalue weighted by molar-refractivity contribution is -0.138. The molecule has 1 aliphatic rings. The van der Waals surface area contributed by atoms with Crippen LogP contribution in [0.4, 0.5) is 5.69 Å². The van der Waals surface area contributed by atoms with Crippen molar-refractivity contribution in [2.24, 2.45) is 0 Å². The summed E-state index contributed by atoms with van der Waals surface area (Å²) in [5.74, 6) is -0.581. The zero-order chi connectivity index (χ0) is 13.8. The fourth-order valence-electron chi connectivity index (χ4n) is 2.59. The number of carbonyl (C=O) groups excluding carboxylic acids is 1. The van der Waals surface area contributed by atoms with Gasteiger partial charge in [0.25, 0.3) is 0 Å². The normalized spacial score (nSPS) is 18.6. The van der Waals surface area contributed by atoms with Gasteiger partial charge in [-0.15, -0.1) is 0 Å². The Morgan fingerprint density at radius 3 is 2.79 bits per heavy atom. The summed E-state index contributed by atoms with van der Waals surface area (Å²) in [5, 5.41) is 8.68. The molecule has 4 heteroatoms. The number of carbonyl (C=O) groups is 2. The van der Waals surface area contributed by atoms with Crippen LogP contribution in [0.5, 0.6) is 0 Å². The molecule has 1 atom stereocenters. The molecule has 1 heterocycles. The second-order valence-electron chi connectivity index (χ2n) is 5.04. The largest absolute Gasteiger partial charge is 0.481 e. The topological polar surface area (TPSA) is 57.6 Å². The number of para-hydroxylation sites is 1. The van der Waals surface area contributed by atoms with Gasteiger partial charge in [0.2, 0.25) is 5.91 Å². The minimum absolute atomic E-state index is 0.0675. The smallest absolute Gasteiger partial charge is 0.303 e. The molecule has 1 unspecified atom stereocenters. The van der Waals surface area contributed by atoms with Gasteiger partial charge in [-0.3, -0.25) is 9.59 Å². The lowest BCUT2D eigenvalue weighted by Crippen LogP contribution is -2.31. The van der Waals surface area contributed by atoms with E-state index in [0.717, 1.165) is 18.5 Å². The number of rotatable bonds is 3. The van der Waals surface area contributed by atoms with Crippen molar-refractivity contribution in [3.05, 3.63) is 29.8 Å². The Kier molecular flexibility index (Phi) is 4.20. The SMILES string of the molecule is CC1CCCN(C(=O)CCC(=O)O)c2ccccc21. The fourth-order valence-corrected chi connectivity index (χ4v) is 2.59. The van der Waals surface area contributed by atoms with Crippen LogP contribution < -0.4 is 4.90 Å². The standard InChI is InChI=1S/C15H19NO3/c1-11-5-4-10-16(14(17)8-9-15(18)19)13-7-3-2-6-12(11)13/h2-3,6-7,11H,4-5,8-10H2,1H3,(H,18,19). The third kappa shape index (κ3) is 3.13. The van der Waals surface area contributed by atoms with Crippen molar-refractivity contribution in [3.8, 4) is 0 Å². The number of nitrogens with zero attached hydrogens (tertiary/aromatic N) is 1. The molecule has 2 rings (SSSR count). The number of carboxylic acids is 1. The van der Waals surface area contributed by atoms with Gasteiger partial charge in [0.1, 0.15) is 0 Å². The van der Waals surface area contributed by atoms with E-state index in [1.54, 1.807) is 4.90 Å². The summed E-state index contributed by atoms with van der Waals surface area (Å²) in [4.78, 5) is 24.5. The van der Waals surface area contributed by atoms with E-state index in [-0.39, 0.29) is 18.7 Å². The van der Waals surface area contributed by atoms with E-state index in [0.29, 0.717) is 12.5 Å². The molecule has 0 radical (unpaired) electrons. The Bertz CT molecular complexity index is 484. The number of fused-ring (bicyclic) bond motifs is 1. The van der Waals surface area contributed by atoms with E-state index in [9.17, 15) is 9.59 Å². The summed E-state index contributed by atoms with van der Waals surface area (Å²) < 4.78 is 0. The maximum Gasteiger partial charge on any atom is 0.303 e. The molecule has 0 spiro atoms. The first-order chi connectivity index (χ1) is 9.09. The van der Waals surface area contributed by atoms with Crippen LogP contribution in [0.2, 0.25) is 0 Å². The molecule has 1 aromatic carbocycles. The maximum atomic E-state index is 12.2. The molecule has 4 nitrogen and oxygen atoms in total. The summed E-state index contributed by atoms with van der Waals surface area (Å²) in [5.41, 5.74) is 2.13. The Hall–Kier alpha value is -1.84. The number of hydrogen-bond acceptors (Lipinski definition) is 2. The molecule has 0 fully saturated rings. The van der Waals surface area contributed by atoms with Crippen molar-refractivity contribution in [1.29, 1.82) is 0 Å². The van der Waals surface area contributed by atoms with Crippen molar-refractivity contribution >= 4 is 17.6 Å². The number of benzene rings is 1. The van der Waals surface area contributed by atoms with Gasteiger partial charge in [-0.2, -0.15) is 0 Å². The van der Waals surface area contributed by atoms with Gasteiger partial charge in [-0.05, 0) is 30.4 Å². The predicted molar refractivity (Wildman–Crippen MR) is 73.3 cm³/mol. The molecule has 1 aromatic rings. The number of anilines is 1. The van der Waals surface area contributed by atoms with Gasteiger partial charge in [0.05, 0.1) is 6.42 Å². The molecule has 0 aliphatic carbocycles. The Morgan fingerprint density at radius 2 is 2.05 bits per heavy atom.